The Bertz CT molecular complexity index is 458. The molecule has 1 aromatic rings. The molecule has 0 amide bonds. The number of benzene rings is 1. The van der Waals surface area contributed by atoms with Crippen LogP contribution in [0.4, 0.5) is 0 Å². The van der Waals surface area contributed by atoms with E-state index in [1.807, 2.05) is 0 Å². The van der Waals surface area contributed by atoms with Crippen molar-refractivity contribution in [3.8, 4) is 0 Å². The zero-order valence-electron chi connectivity index (χ0n) is 10.7. The standard InChI is InChI=1S/C16H20O2/c17-15(18)10-12-11-16(8-4-1-5-9-16)14-7-3-2-6-13(12)14/h2-3,6-7,12H,1,4-5,8-11H2,(H,17,18). The molecule has 1 saturated carbocycles. The van der Waals surface area contributed by atoms with Gasteiger partial charge in [0.25, 0.3) is 0 Å². The predicted molar refractivity (Wildman–Crippen MR) is 70.8 cm³/mol. The summed E-state index contributed by atoms with van der Waals surface area (Å²) in [4.78, 5) is 11.0. The minimum absolute atomic E-state index is 0.233. The lowest BCUT2D eigenvalue weighted by Crippen LogP contribution is -2.26. The lowest BCUT2D eigenvalue weighted by molar-refractivity contribution is -0.137. The molecule has 2 aliphatic carbocycles. The SMILES string of the molecule is O=C(O)CC1CC2(CCCCC2)c2ccccc21. The van der Waals surface area contributed by atoms with Crippen molar-refractivity contribution in [2.75, 3.05) is 0 Å². The number of hydrogen-bond acceptors (Lipinski definition) is 1. The molecule has 0 bridgehead atoms. The van der Waals surface area contributed by atoms with E-state index < -0.39 is 5.97 Å². The minimum Gasteiger partial charge on any atom is -0.481 e. The molecule has 1 atom stereocenters. The van der Waals surface area contributed by atoms with Gasteiger partial charge in [-0.15, -0.1) is 0 Å². The lowest BCUT2D eigenvalue weighted by Gasteiger charge is -2.34. The number of rotatable bonds is 2. The Kier molecular flexibility index (Phi) is 2.89. The lowest BCUT2D eigenvalue weighted by atomic mass is 9.70. The average molecular weight is 244 g/mol. The number of carbonyl (C=O) groups is 1. The number of hydrogen-bond donors (Lipinski definition) is 1. The van der Waals surface area contributed by atoms with E-state index in [-0.39, 0.29) is 5.92 Å². The Balaban J connectivity index is 1.98. The number of carboxylic acid groups (broad SMARTS) is 1. The monoisotopic (exact) mass is 244 g/mol. The molecule has 1 N–H and O–H groups in total. The third-order valence-corrected chi connectivity index (χ3v) is 4.84. The predicted octanol–water partition coefficient (Wildman–Crippen LogP) is 3.85. The van der Waals surface area contributed by atoms with Gasteiger partial charge in [-0.3, -0.25) is 4.79 Å². The first-order valence-electron chi connectivity index (χ1n) is 7.02. The fourth-order valence-corrected chi connectivity index (χ4v) is 4.12. The minimum atomic E-state index is -0.664. The van der Waals surface area contributed by atoms with Crippen LogP contribution in [0, 0.1) is 0 Å². The van der Waals surface area contributed by atoms with E-state index in [0.29, 0.717) is 11.8 Å². The van der Waals surface area contributed by atoms with E-state index in [9.17, 15) is 4.79 Å². The van der Waals surface area contributed by atoms with Gasteiger partial charge in [0.1, 0.15) is 0 Å². The molecule has 2 heteroatoms. The Morgan fingerprint density at radius 2 is 1.94 bits per heavy atom. The molecule has 0 radical (unpaired) electrons. The van der Waals surface area contributed by atoms with Crippen LogP contribution in [0.25, 0.3) is 0 Å². The molecule has 1 spiro atoms. The van der Waals surface area contributed by atoms with Crippen LogP contribution in [-0.2, 0) is 10.2 Å². The Morgan fingerprint density at radius 1 is 1.22 bits per heavy atom. The molecule has 2 nitrogen and oxygen atoms in total. The van der Waals surface area contributed by atoms with Gasteiger partial charge in [0.05, 0.1) is 6.42 Å². The van der Waals surface area contributed by atoms with Crippen LogP contribution in [0.2, 0.25) is 0 Å². The van der Waals surface area contributed by atoms with Gasteiger partial charge < -0.3 is 5.11 Å². The van der Waals surface area contributed by atoms with Crippen LogP contribution in [0.5, 0.6) is 0 Å². The van der Waals surface area contributed by atoms with Crippen LogP contribution < -0.4 is 0 Å². The van der Waals surface area contributed by atoms with Gasteiger partial charge in [0.15, 0.2) is 0 Å². The highest BCUT2D eigenvalue weighted by atomic mass is 16.4. The Labute approximate surface area is 108 Å². The molecule has 0 aromatic heterocycles. The van der Waals surface area contributed by atoms with Crippen LogP contribution in [0.1, 0.15) is 62.0 Å². The zero-order valence-corrected chi connectivity index (χ0v) is 10.7. The summed E-state index contributed by atoms with van der Waals surface area (Å²) >= 11 is 0. The summed E-state index contributed by atoms with van der Waals surface area (Å²) in [5, 5.41) is 9.09. The van der Waals surface area contributed by atoms with E-state index in [2.05, 4.69) is 24.3 Å². The second-order valence-electron chi connectivity index (χ2n) is 5.93. The topological polar surface area (TPSA) is 37.3 Å². The van der Waals surface area contributed by atoms with Crippen LogP contribution in [0.15, 0.2) is 24.3 Å². The largest absolute Gasteiger partial charge is 0.481 e. The molecule has 1 fully saturated rings. The third kappa shape index (κ3) is 1.84. The summed E-state index contributed by atoms with van der Waals surface area (Å²) in [6.45, 7) is 0. The third-order valence-electron chi connectivity index (χ3n) is 4.84. The highest BCUT2D eigenvalue weighted by Crippen LogP contribution is 2.54. The maximum Gasteiger partial charge on any atom is 0.303 e. The van der Waals surface area contributed by atoms with Crippen molar-refractivity contribution >= 4 is 5.97 Å². The molecule has 2 aliphatic rings. The molecule has 1 aromatic carbocycles. The fourth-order valence-electron chi connectivity index (χ4n) is 4.12. The molecular formula is C16H20O2. The molecule has 0 aliphatic heterocycles. The van der Waals surface area contributed by atoms with Crippen molar-refractivity contribution in [1.82, 2.24) is 0 Å². The van der Waals surface area contributed by atoms with Gasteiger partial charge in [-0.1, -0.05) is 43.5 Å². The van der Waals surface area contributed by atoms with E-state index in [0.717, 1.165) is 6.42 Å². The number of carboxylic acids is 1. The van der Waals surface area contributed by atoms with Gasteiger partial charge in [0.2, 0.25) is 0 Å². The van der Waals surface area contributed by atoms with Gasteiger partial charge in [-0.05, 0) is 41.7 Å². The molecule has 0 heterocycles. The first-order chi connectivity index (χ1) is 8.71. The second kappa shape index (κ2) is 4.42. The van der Waals surface area contributed by atoms with E-state index in [1.54, 1.807) is 0 Å². The first kappa shape index (κ1) is 11.8. The highest BCUT2D eigenvalue weighted by Gasteiger charge is 2.44. The smallest absolute Gasteiger partial charge is 0.303 e. The van der Waals surface area contributed by atoms with E-state index in [1.165, 1.54) is 43.2 Å². The summed E-state index contributed by atoms with van der Waals surface area (Å²) < 4.78 is 0. The van der Waals surface area contributed by atoms with Crippen LogP contribution in [-0.4, -0.2) is 11.1 Å². The zero-order chi connectivity index (χ0) is 12.6. The molecule has 3 rings (SSSR count). The molecule has 96 valence electrons. The molecule has 0 saturated heterocycles. The highest BCUT2D eigenvalue weighted by molar-refractivity contribution is 5.68. The molecular weight excluding hydrogens is 224 g/mol. The quantitative estimate of drug-likeness (QED) is 0.858. The molecule has 1 unspecified atom stereocenters. The fraction of sp³-hybridized carbons (Fsp3) is 0.562. The van der Waals surface area contributed by atoms with E-state index >= 15 is 0 Å². The average Bonchev–Trinajstić information content (AvgIpc) is 2.65. The number of aliphatic carboxylic acids is 1. The van der Waals surface area contributed by atoms with Gasteiger partial charge in [0, 0.05) is 0 Å². The Morgan fingerprint density at radius 3 is 2.67 bits per heavy atom. The van der Waals surface area contributed by atoms with Crippen molar-refractivity contribution < 1.29 is 9.90 Å². The van der Waals surface area contributed by atoms with Crippen molar-refractivity contribution in [2.45, 2.75) is 56.3 Å². The van der Waals surface area contributed by atoms with Crippen LogP contribution >= 0.6 is 0 Å². The maximum absolute atomic E-state index is 11.0. The van der Waals surface area contributed by atoms with Crippen molar-refractivity contribution in [2.24, 2.45) is 0 Å². The van der Waals surface area contributed by atoms with Crippen molar-refractivity contribution in [1.29, 1.82) is 0 Å². The Hall–Kier alpha value is -1.31. The summed E-state index contributed by atoms with van der Waals surface area (Å²) in [5.41, 5.74) is 3.06. The van der Waals surface area contributed by atoms with Crippen molar-refractivity contribution in [3.63, 3.8) is 0 Å². The van der Waals surface area contributed by atoms with Gasteiger partial charge in [-0.25, -0.2) is 0 Å². The summed E-state index contributed by atoms with van der Waals surface area (Å²) in [6.07, 6.45) is 7.79. The number of fused-ring (bicyclic) bond motifs is 2. The van der Waals surface area contributed by atoms with Gasteiger partial charge >= 0.3 is 5.97 Å². The second-order valence-corrected chi connectivity index (χ2v) is 5.93. The summed E-state index contributed by atoms with van der Waals surface area (Å²) in [5.74, 6) is -0.431. The first-order valence-corrected chi connectivity index (χ1v) is 7.02. The normalized spacial score (nSPS) is 25.0. The summed E-state index contributed by atoms with van der Waals surface area (Å²) in [6, 6.07) is 8.54. The molecule has 18 heavy (non-hydrogen) atoms. The van der Waals surface area contributed by atoms with E-state index in [4.69, 9.17) is 5.11 Å². The van der Waals surface area contributed by atoms with Crippen LogP contribution in [0.3, 0.4) is 0 Å². The van der Waals surface area contributed by atoms with Gasteiger partial charge in [-0.2, -0.15) is 0 Å². The summed E-state index contributed by atoms with van der Waals surface area (Å²) in [7, 11) is 0. The maximum atomic E-state index is 11.0. The van der Waals surface area contributed by atoms with Crippen molar-refractivity contribution in [3.05, 3.63) is 35.4 Å².